The van der Waals surface area contributed by atoms with Crippen molar-refractivity contribution in [3.05, 3.63) is 56.6 Å². The van der Waals surface area contributed by atoms with Crippen LogP contribution in [0, 0.1) is 10.1 Å². The zero-order valence-electron chi connectivity index (χ0n) is 15.6. The average Bonchev–Trinajstić information content (AvgIpc) is 2.70. The zero-order valence-corrected chi connectivity index (χ0v) is 17.1. The molecule has 1 amide bonds. The van der Waals surface area contributed by atoms with Crippen molar-refractivity contribution in [2.24, 2.45) is 0 Å². The second-order valence-electron chi connectivity index (χ2n) is 6.38. The topological polar surface area (TPSA) is 93.9 Å². The molecule has 0 radical (unpaired) electrons. The molecule has 2 aromatic rings. The number of nitro groups is 1. The predicted octanol–water partition coefficient (Wildman–Crippen LogP) is 4.14. The molecule has 10 heteroatoms. The van der Waals surface area contributed by atoms with Crippen LogP contribution in [0.5, 0.6) is 5.75 Å². The summed E-state index contributed by atoms with van der Waals surface area (Å²) >= 11 is 12.0. The summed E-state index contributed by atoms with van der Waals surface area (Å²) in [6.07, 6.45) is -0.860. The number of nitro benzene ring substituents is 1. The number of rotatable bonds is 6. The Morgan fingerprint density at radius 2 is 1.97 bits per heavy atom. The van der Waals surface area contributed by atoms with Crippen LogP contribution in [0.25, 0.3) is 0 Å². The van der Waals surface area contributed by atoms with Gasteiger partial charge in [0.15, 0.2) is 6.10 Å². The molecular formula is C19H19Cl2N3O5. The highest BCUT2D eigenvalue weighted by atomic mass is 35.5. The van der Waals surface area contributed by atoms with Gasteiger partial charge in [0.1, 0.15) is 5.75 Å². The van der Waals surface area contributed by atoms with E-state index in [1.807, 2.05) is 4.90 Å². The Labute approximate surface area is 177 Å². The van der Waals surface area contributed by atoms with Crippen LogP contribution in [0.4, 0.5) is 17.1 Å². The summed E-state index contributed by atoms with van der Waals surface area (Å²) < 4.78 is 11.0. The molecule has 8 nitrogen and oxygen atoms in total. The number of hydrogen-bond acceptors (Lipinski definition) is 6. The maximum Gasteiger partial charge on any atom is 0.271 e. The number of amides is 1. The lowest BCUT2D eigenvalue weighted by Gasteiger charge is -2.30. The number of halogens is 2. The Hall–Kier alpha value is -2.55. The first kappa shape index (κ1) is 21.2. The van der Waals surface area contributed by atoms with Crippen molar-refractivity contribution in [3.8, 4) is 5.75 Å². The van der Waals surface area contributed by atoms with E-state index in [2.05, 4.69) is 5.32 Å². The molecular weight excluding hydrogens is 421 g/mol. The molecule has 0 spiro atoms. The molecule has 1 atom stereocenters. The fourth-order valence-electron chi connectivity index (χ4n) is 2.85. The Morgan fingerprint density at radius 3 is 2.62 bits per heavy atom. The van der Waals surface area contributed by atoms with Gasteiger partial charge in [-0.25, -0.2) is 0 Å². The van der Waals surface area contributed by atoms with Crippen molar-refractivity contribution in [2.75, 3.05) is 36.5 Å². The van der Waals surface area contributed by atoms with Gasteiger partial charge in [0.05, 0.1) is 34.5 Å². The molecule has 29 heavy (non-hydrogen) atoms. The summed E-state index contributed by atoms with van der Waals surface area (Å²) in [7, 11) is 0. The molecule has 1 saturated heterocycles. The van der Waals surface area contributed by atoms with Gasteiger partial charge in [0.25, 0.3) is 11.6 Å². The van der Waals surface area contributed by atoms with E-state index in [4.69, 9.17) is 32.7 Å². The van der Waals surface area contributed by atoms with E-state index in [-0.39, 0.29) is 5.69 Å². The smallest absolute Gasteiger partial charge is 0.271 e. The first-order valence-corrected chi connectivity index (χ1v) is 9.64. The standard InChI is InChI=1S/C19H19Cl2N3O5/c1-12(29-18-5-2-13(20)10-15(18)21)19(25)22-16-4-3-14(24(26)27)11-17(16)23-6-8-28-9-7-23/h2-5,10-12H,6-9H2,1H3,(H,22,25)/t12-/m1/s1. The summed E-state index contributed by atoms with van der Waals surface area (Å²) in [6, 6.07) is 9.03. The number of carbonyl (C=O) groups is 1. The molecule has 1 aliphatic rings. The lowest BCUT2D eigenvalue weighted by Crippen LogP contribution is -2.37. The molecule has 0 saturated carbocycles. The van der Waals surface area contributed by atoms with Gasteiger partial charge in [-0.05, 0) is 31.2 Å². The average molecular weight is 440 g/mol. The molecule has 0 unspecified atom stereocenters. The van der Waals surface area contributed by atoms with Crippen LogP contribution in [0.1, 0.15) is 6.92 Å². The number of morpholine rings is 1. The third kappa shape index (κ3) is 5.29. The molecule has 0 aliphatic carbocycles. The number of anilines is 2. The Bertz CT molecular complexity index is 919. The fourth-order valence-corrected chi connectivity index (χ4v) is 3.31. The first-order chi connectivity index (χ1) is 13.8. The number of hydrogen-bond donors (Lipinski definition) is 1. The normalized spacial score (nSPS) is 14.9. The van der Waals surface area contributed by atoms with Gasteiger partial charge in [-0.15, -0.1) is 0 Å². The highest BCUT2D eigenvalue weighted by molar-refractivity contribution is 6.35. The van der Waals surface area contributed by atoms with Gasteiger partial charge < -0.3 is 19.7 Å². The first-order valence-electron chi connectivity index (χ1n) is 8.89. The number of non-ortho nitro benzene ring substituents is 1. The SMILES string of the molecule is C[C@@H](Oc1ccc(Cl)cc1Cl)C(=O)Nc1ccc([N+](=O)[O-])cc1N1CCOCC1. The summed E-state index contributed by atoms with van der Waals surface area (Å²) in [5, 5.41) is 14.7. The van der Waals surface area contributed by atoms with Crippen LogP contribution in [0.3, 0.4) is 0 Å². The van der Waals surface area contributed by atoms with Gasteiger partial charge in [0, 0.05) is 30.2 Å². The molecule has 1 fully saturated rings. The largest absolute Gasteiger partial charge is 0.479 e. The number of nitrogens with zero attached hydrogens (tertiary/aromatic N) is 2. The van der Waals surface area contributed by atoms with Crippen LogP contribution >= 0.6 is 23.2 Å². The molecule has 1 heterocycles. The Kier molecular flexibility index (Phi) is 6.79. The summed E-state index contributed by atoms with van der Waals surface area (Å²) in [5.74, 6) is -0.0878. The van der Waals surface area contributed by atoms with Crippen LogP contribution < -0.4 is 15.0 Å². The summed E-state index contributed by atoms with van der Waals surface area (Å²) in [4.78, 5) is 25.3. The number of nitrogens with one attached hydrogen (secondary N) is 1. The lowest BCUT2D eigenvalue weighted by molar-refractivity contribution is -0.384. The van der Waals surface area contributed by atoms with Gasteiger partial charge >= 0.3 is 0 Å². The van der Waals surface area contributed by atoms with Crippen molar-refractivity contribution >= 4 is 46.2 Å². The van der Waals surface area contributed by atoms with E-state index in [1.165, 1.54) is 24.3 Å². The van der Waals surface area contributed by atoms with Gasteiger partial charge in [0.2, 0.25) is 0 Å². The third-order valence-corrected chi connectivity index (χ3v) is 4.90. The van der Waals surface area contributed by atoms with E-state index in [0.717, 1.165) is 0 Å². The summed E-state index contributed by atoms with van der Waals surface area (Å²) in [5.41, 5.74) is 0.967. The number of benzene rings is 2. The second-order valence-corrected chi connectivity index (χ2v) is 7.23. The van der Waals surface area contributed by atoms with Crippen LogP contribution in [-0.4, -0.2) is 43.2 Å². The zero-order chi connectivity index (χ0) is 21.0. The Balaban J connectivity index is 1.78. The van der Waals surface area contributed by atoms with Gasteiger partial charge in [-0.1, -0.05) is 23.2 Å². The van der Waals surface area contributed by atoms with Crippen molar-refractivity contribution in [1.82, 2.24) is 0 Å². The number of ether oxygens (including phenoxy) is 2. The maximum absolute atomic E-state index is 12.7. The highest BCUT2D eigenvalue weighted by Gasteiger charge is 2.22. The minimum absolute atomic E-state index is 0.0539. The predicted molar refractivity (Wildman–Crippen MR) is 111 cm³/mol. The molecule has 0 bridgehead atoms. The molecule has 0 aromatic heterocycles. The van der Waals surface area contributed by atoms with Crippen molar-refractivity contribution in [2.45, 2.75) is 13.0 Å². The van der Waals surface area contributed by atoms with Crippen LogP contribution in [0.15, 0.2) is 36.4 Å². The van der Waals surface area contributed by atoms with Crippen molar-refractivity contribution < 1.29 is 19.2 Å². The molecule has 2 aromatic carbocycles. The molecule has 3 rings (SSSR count). The number of carbonyl (C=O) groups excluding carboxylic acids is 1. The molecule has 1 N–H and O–H groups in total. The van der Waals surface area contributed by atoms with Gasteiger partial charge in [-0.3, -0.25) is 14.9 Å². The highest BCUT2D eigenvalue weighted by Crippen LogP contribution is 2.32. The van der Waals surface area contributed by atoms with Crippen molar-refractivity contribution in [1.29, 1.82) is 0 Å². The van der Waals surface area contributed by atoms with E-state index in [0.29, 0.717) is 53.5 Å². The lowest BCUT2D eigenvalue weighted by atomic mass is 10.2. The summed E-state index contributed by atoms with van der Waals surface area (Å²) in [6.45, 7) is 3.72. The Morgan fingerprint density at radius 1 is 1.24 bits per heavy atom. The maximum atomic E-state index is 12.7. The fraction of sp³-hybridized carbons (Fsp3) is 0.316. The van der Waals surface area contributed by atoms with Crippen LogP contribution in [0.2, 0.25) is 10.0 Å². The van der Waals surface area contributed by atoms with E-state index in [9.17, 15) is 14.9 Å². The van der Waals surface area contributed by atoms with Gasteiger partial charge in [-0.2, -0.15) is 0 Å². The molecule has 1 aliphatic heterocycles. The minimum atomic E-state index is -0.860. The van der Waals surface area contributed by atoms with E-state index < -0.39 is 16.9 Å². The van der Waals surface area contributed by atoms with Crippen LogP contribution in [-0.2, 0) is 9.53 Å². The van der Waals surface area contributed by atoms with E-state index in [1.54, 1.807) is 19.1 Å². The third-order valence-electron chi connectivity index (χ3n) is 4.37. The second kappa shape index (κ2) is 9.30. The minimum Gasteiger partial charge on any atom is -0.479 e. The quantitative estimate of drug-likeness (QED) is 0.536. The van der Waals surface area contributed by atoms with Crippen molar-refractivity contribution in [3.63, 3.8) is 0 Å². The van der Waals surface area contributed by atoms with E-state index >= 15 is 0 Å². The monoisotopic (exact) mass is 439 g/mol. The molecule has 154 valence electrons.